The summed E-state index contributed by atoms with van der Waals surface area (Å²) in [6, 6.07) is 12.0. The number of amides is 2. The molecular weight excluding hydrogens is 386 g/mol. The number of carbonyl (C=O) groups excluding carboxylic acids is 2. The quantitative estimate of drug-likeness (QED) is 0.695. The highest BCUT2D eigenvalue weighted by molar-refractivity contribution is 7.14. The molecule has 7 heteroatoms. The van der Waals surface area contributed by atoms with Crippen LogP contribution in [0.15, 0.2) is 36.4 Å². The van der Waals surface area contributed by atoms with E-state index in [1.54, 1.807) is 7.11 Å². The van der Waals surface area contributed by atoms with Crippen molar-refractivity contribution in [1.82, 2.24) is 15.5 Å². The Morgan fingerprint density at radius 1 is 1.10 bits per heavy atom. The first kappa shape index (κ1) is 21.3. The van der Waals surface area contributed by atoms with Gasteiger partial charge in [0.2, 0.25) is 5.91 Å². The van der Waals surface area contributed by atoms with E-state index in [9.17, 15) is 9.59 Å². The highest BCUT2D eigenvalue weighted by atomic mass is 32.1. The molecule has 156 valence electrons. The fourth-order valence-corrected chi connectivity index (χ4v) is 4.33. The van der Waals surface area contributed by atoms with Gasteiger partial charge in [0.25, 0.3) is 5.91 Å². The summed E-state index contributed by atoms with van der Waals surface area (Å²) in [4.78, 5) is 27.5. The van der Waals surface area contributed by atoms with Crippen molar-refractivity contribution in [3.05, 3.63) is 51.7 Å². The van der Waals surface area contributed by atoms with Gasteiger partial charge in [-0.25, -0.2) is 0 Å². The fraction of sp³-hybridized carbons (Fsp3) is 0.455. The van der Waals surface area contributed by atoms with E-state index in [-0.39, 0.29) is 11.8 Å². The number of methoxy groups -OCH3 is 1. The number of nitrogens with zero attached hydrogens (tertiary/aromatic N) is 1. The van der Waals surface area contributed by atoms with Gasteiger partial charge < -0.3 is 15.4 Å². The van der Waals surface area contributed by atoms with Crippen molar-refractivity contribution in [2.24, 2.45) is 5.92 Å². The second-order valence-corrected chi connectivity index (χ2v) is 8.62. The summed E-state index contributed by atoms with van der Waals surface area (Å²) in [5.74, 6) is 1.31. The lowest BCUT2D eigenvalue weighted by molar-refractivity contribution is -0.119. The number of hydrogen-bond donors (Lipinski definition) is 2. The normalized spacial score (nSPS) is 15.1. The Kier molecular flexibility index (Phi) is 7.66. The highest BCUT2D eigenvalue weighted by Gasteiger charge is 2.20. The molecule has 0 unspecified atom stereocenters. The molecule has 1 aromatic heterocycles. The summed E-state index contributed by atoms with van der Waals surface area (Å²) < 4.78 is 5.21. The van der Waals surface area contributed by atoms with Gasteiger partial charge in [-0.05, 0) is 61.7 Å². The molecule has 0 atom stereocenters. The van der Waals surface area contributed by atoms with Crippen molar-refractivity contribution in [3.8, 4) is 5.75 Å². The molecule has 3 rings (SSSR count). The van der Waals surface area contributed by atoms with Crippen LogP contribution in [0.1, 0.15) is 39.9 Å². The molecule has 29 heavy (non-hydrogen) atoms. The minimum Gasteiger partial charge on any atom is -0.497 e. The molecule has 1 aliphatic heterocycles. The lowest BCUT2D eigenvalue weighted by atomic mass is 9.96. The summed E-state index contributed by atoms with van der Waals surface area (Å²) in [6.07, 6.45) is 2.18. The zero-order chi connectivity index (χ0) is 20.6. The third-order valence-corrected chi connectivity index (χ3v) is 6.30. The minimum absolute atomic E-state index is 0.0234. The van der Waals surface area contributed by atoms with Crippen molar-refractivity contribution in [2.75, 3.05) is 26.7 Å². The standard InChI is InChI=1S/C22H29N3O3S/c1-16(26)23-14-20-7-8-21(29-20)22(27)24-13-17-9-11-25(12-10-17)15-18-3-5-19(28-2)6-4-18/h3-8,17H,9-15H2,1-2H3,(H,23,26)(H,24,27). The van der Waals surface area contributed by atoms with Crippen LogP contribution in [0.4, 0.5) is 0 Å². The average Bonchev–Trinajstić information content (AvgIpc) is 3.21. The summed E-state index contributed by atoms with van der Waals surface area (Å²) in [5, 5.41) is 5.83. The van der Waals surface area contributed by atoms with Gasteiger partial charge in [-0.3, -0.25) is 14.5 Å². The molecule has 0 spiro atoms. The summed E-state index contributed by atoms with van der Waals surface area (Å²) in [7, 11) is 1.68. The van der Waals surface area contributed by atoms with Crippen molar-refractivity contribution in [2.45, 2.75) is 32.9 Å². The van der Waals surface area contributed by atoms with E-state index in [0.717, 1.165) is 43.1 Å². The molecule has 2 amide bonds. The molecule has 1 fully saturated rings. The van der Waals surface area contributed by atoms with Crippen molar-refractivity contribution in [3.63, 3.8) is 0 Å². The Morgan fingerprint density at radius 2 is 1.83 bits per heavy atom. The van der Waals surface area contributed by atoms with Gasteiger partial charge in [-0.15, -0.1) is 11.3 Å². The van der Waals surface area contributed by atoms with E-state index in [1.165, 1.54) is 23.8 Å². The van der Waals surface area contributed by atoms with Crippen LogP contribution in [0.2, 0.25) is 0 Å². The van der Waals surface area contributed by atoms with E-state index in [0.29, 0.717) is 23.9 Å². The molecule has 0 radical (unpaired) electrons. The van der Waals surface area contributed by atoms with Crippen LogP contribution >= 0.6 is 11.3 Å². The first-order valence-electron chi connectivity index (χ1n) is 10.00. The third kappa shape index (κ3) is 6.58. The molecule has 2 N–H and O–H groups in total. The third-order valence-electron chi connectivity index (χ3n) is 5.22. The molecule has 2 heterocycles. The summed E-state index contributed by atoms with van der Waals surface area (Å²) in [5.41, 5.74) is 1.30. The van der Waals surface area contributed by atoms with Gasteiger partial charge in [-0.2, -0.15) is 0 Å². The number of likely N-dealkylation sites (tertiary alicyclic amines) is 1. The molecule has 0 bridgehead atoms. The smallest absolute Gasteiger partial charge is 0.261 e. The highest BCUT2D eigenvalue weighted by Crippen LogP contribution is 2.21. The first-order chi connectivity index (χ1) is 14.0. The topological polar surface area (TPSA) is 70.7 Å². The van der Waals surface area contributed by atoms with Crippen LogP contribution in [0.5, 0.6) is 5.75 Å². The van der Waals surface area contributed by atoms with Gasteiger partial charge in [0, 0.05) is 24.9 Å². The SMILES string of the molecule is COc1ccc(CN2CCC(CNC(=O)c3ccc(CNC(C)=O)s3)CC2)cc1. The van der Waals surface area contributed by atoms with Crippen LogP contribution in [0, 0.1) is 5.92 Å². The number of benzene rings is 1. The second-order valence-electron chi connectivity index (χ2n) is 7.45. The minimum atomic E-state index is -0.0669. The number of hydrogen-bond acceptors (Lipinski definition) is 5. The Hall–Kier alpha value is -2.38. The molecule has 1 saturated heterocycles. The van der Waals surface area contributed by atoms with E-state index >= 15 is 0 Å². The van der Waals surface area contributed by atoms with Gasteiger partial charge >= 0.3 is 0 Å². The first-order valence-corrected chi connectivity index (χ1v) is 10.8. The van der Waals surface area contributed by atoms with Gasteiger partial charge in [-0.1, -0.05) is 12.1 Å². The maximum atomic E-state index is 12.4. The Morgan fingerprint density at radius 3 is 2.48 bits per heavy atom. The molecule has 1 aromatic carbocycles. The van der Waals surface area contributed by atoms with E-state index in [2.05, 4.69) is 27.7 Å². The monoisotopic (exact) mass is 415 g/mol. The molecule has 2 aromatic rings. The van der Waals surface area contributed by atoms with Crippen LogP contribution in [0.3, 0.4) is 0 Å². The Labute approximate surface area is 176 Å². The molecular formula is C22H29N3O3S. The molecule has 0 aliphatic carbocycles. The average molecular weight is 416 g/mol. The van der Waals surface area contributed by atoms with Crippen LogP contribution in [0.25, 0.3) is 0 Å². The van der Waals surface area contributed by atoms with Crippen LogP contribution in [-0.2, 0) is 17.9 Å². The summed E-state index contributed by atoms with van der Waals surface area (Å²) >= 11 is 1.43. The maximum Gasteiger partial charge on any atom is 0.261 e. The predicted octanol–water partition coefficient (Wildman–Crippen LogP) is 3.03. The molecule has 0 saturated carbocycles. The fourth-order valence-electron chi connectivity index (χ4n) is 3.47. The Bertz CT molecular complexity index is 811. The second kappa shape index (κ2) is 10.4. The number of ether oxygens (including phenoxy) is 1. The predicted molar refractivity (Wildman–Crippen MR) is 115 cm³/mol. The maximum absolute atomic E-state index is 12.4. The van der Waals surface area contributed by atoms with Crippen molar-refractivity contribution in [1.29, 1.82) is 0 Å². The zero-order valence-electron chi connectivity index (χ0n) is 17.1. The lowest BCUT2D eigenvalue weighted by Gasteiger charge is -2.32. The zero-order valence-corrected chi connectivity index (χ0v) is 17.9. The van der Waals surface area contributed by atoms with Crippen LogP contribution in [-0.4, -0.2) is 43.5 Å². The number of nitrogens with one attached hydrogen (secondary N) is 2. The Balaban J connectivity index is 1.38. The molecule has 6 nitrogen and oxygen atoms in total. The number of rotatable bonds is 8. The molecule has 1 aliphatic rings. The number of thiophene rings is 1. The van der Waals surface area contributed by atoms with Crippen molar-refractivity contribution < 1.29 is 14.3 Å². The van der Waals surface area contributed by atoms with Gasteiger partial charge in [0.05, 0.1) is 18.5 Å². The van der Waals surface area contributed by atoms with Gasteiger partial charge in [0.1, 0.15) is 5.75 Å². The van der Waals surface area contributed by atoms with E-state index in [4.69, 9.17) is 4.74 Å². The van der Waals surface area contributed by atoms with E-state index in [1.807, 2.05) is 24.3 Å². The summed E-state index contributed by atoms with van der Waals surface area (Å²) in [6.45, 7) is 5.73. The van der Waals surface area contributed by atoms with Crippen LogP contribution < -0.4 is 15.4 Å². The lowest BCUT2D eigenvalue weighted by Crippen LogP contribution is -2.38. The largest absolute Gasteiger partial charge is 0.497 e. The number of piperidine rings is 1. The van der Waals surface area contributed by atoms with Gasteiger partial charge in [0.15, 0.2) is 0 Å². The van der Waals surface area contributed by atoms with E-state index < -0.39 is 0 Å². The number of carbonyl (C=O) groups is 2. The van der Waals surface area contributed by atoms with Crippen molar-refractivity contribution >= 4 is 23.2 Å².